The van der Waals surface area contributed by atoms with E-state index in [0.29, 0.717) is 19.6 Å². The second-order valence-electron chi connectivity index (χ2n) is 9.21. The monoisotopic (exact) mass is 426 g/mol. The van der Waals surface area contributed by atoms with Crippen LogP contribution in [-0.2, 0) is 25.7 Å². The van der Waals surface area contributed by atoms with Crippen molar-refractivity contribution in [2.24, 2.45) is 23.7 Å². The molecule has 0 saturated heterocycles. The molecule has 160 valence electrons. The molecule has 0 aliphatic heterocycles. The standard InChI is InChI=1S/C24H30O5Si/c1-27-24(26)22-18-13-20(25)19(23(22)30(2,3)21-10-7-11-29-21)12-17(18)15-28-14-16-8-5-4-6-9-16/h4-11,17-19,22-23H,12-15H2,1-3H3/t17-,18+,19+,22+,23+/m1/s1. The smallest absolute Gasteiger partial charge is 0.308 e. The summed E-state index contributed by atoms with van der Waals surface area (Å²) >= 11 is 0. The van der Waals surface area contributed by atoms with Gasteiger partial charge in [0, 0.05) is 12.3 Å². The lowest BCUT2D eigenvalue weighted by molar-refractivity contribution is -0.158. The van der Waals surface area contributed by atoms with E-state index in [0.717, 1.165) is 17.4 Å². The fourth-order valence-electron chi connectivity index (χ4n) is 5.78. The Morgan fingerprint density at radius 3 is 2.60 bits per heavy atom. The number of ketones is 1. The molecule has 5 atom stereocenters. The summed E-state index contributed by atoms with van der Waals surface area (Å²) in [5, 5.41) is 0.943. The minimum absolute atomic E-state index is 0.00674. The van der Waals surface area contributed by atoms with Gasteiger partial charge < -0.3 is 13.9 Å². The van der Waals surface area contributed by atoms with Crippen molar-refractivity contribution < 1.29 is 23.5 Å². The van der Waals surface area contributed by atoms with E-state index in [1.165, 1.54) is 7.11 Å². The molecule has 0 radical (unpaired) electrons. The lowest BCUT2D eigenvalue weighted by atomic mass is 9.58. The number of Topliss-reactive ketones (excluding diaryl/α,β-unsaturated/α-hetero) is 1. The van der Waals surface area contributed by atoms with Gasteiger partial charge in [0.25, 0.3) is 0 Å². The average Bonchev–Trinajstić information content (AvgIpc) is 3.30. The third kappa shape index (κ3) is 3.78. The van der Waals surface area contributed by atoms with E-state index >= 15 is 0 Å². The summed E-state index contributed by atoms with van der Waals surface area (Å²) in [4.78, 5) is 25.9. The van der Waals surface area contributed by atoms with Crippen molar-refractivity contribution in [3.63, 3.8) is 0 Å². The fraction of sp³-hybridized carbons (Fsp3) is 0.500. The molecule has 1 aromatic heterocycles. The molecule has 5 nitrogen and oxygen atoms in total. The van der Waals surface area contributed by atoms with Crippen LogP contribution in [0.2, 0.25) is 18.6 Å². The van der Waals surface area contributed by atoms with Crippen LogP contribution >= 0.6 is 0 Å². The second-order valence-corrected chi connectivity index (χ2v) is 13.8. The highest BCUT2D eigenvalue weighted by atomic mass is 28.3. The third-order valence-electron chi connectivity index (χ3n) is 7.20. The molecule has 3 saturated carbocycles. The summed E-state index contributed by atoms with van der Waals surface area (Å²) in [5.74, 6) is -0.144. The Balaban J connectivity index is 1.56. The van der Waals surface area contributed by atoms with Gasteiger partial charge in [-0.25, -0.2) is 0 Å². The number of benzene rings is 1. The van der Waals surface area contributed by atoms with E-state index in [9.17, 15) is 9.59 Å². The minimum Gasteiger partial charge on any atom is -0.474 e. The van der Waals surface area contributed by atoms with Gasteiger partial charge >= 0.3 is 5.97 Å². The molecule has 1 heterocycles. The van der Waals surface area contributed by atoms with Crippen molar-refractivity contribution >= 4 is 25.2 Å². The van der Waals surface area contributed by atoms with Gasteiger partial charge in [0.05, 0.1) is 37.9 Å². The molecule has 2 aromatic rings. The third-order valence-corrected chi connectivity index (χ3v) is 11.2. The first-order valence-electron chi connectivity index (χ1n) is 10.7. The molecule has 0 spiro atoms. The predicted molar refractivity (Wildman–Crippen MR) is 116 cm³/mol. The number of esters is 1. The molecule has 1 aromatic carbocycles. The average molecular weight is 427 g/mol. The molecule has 3 fully saturated rings. The van der Waals surface area contributed by atoms with E-state index in [1.54, 1.807) is 6.26 Å². The maximum absolute atomic E-state index is 13.0. The van der Waals surface area contributed by atoms with Gasteiger partial charge in [-0.05, 0) is 41.5 Å². The van der Waals surface area contributed by atoms with Crippen molar-refractivity contribution in [2.45, 2.75) is 38.1 Å². The number of carbonyl (C=O) groups excluding carboxylic acids is 2. The number of rotatable bonds is 7. The van der Waals surface area contributed by atoms with Crippen LogP contribution < -0.4 is 5.38 Å². The molecule has 5 rings (SSSR count). The van der Waals surface area contributed by atoms with Gasteiger partial charge in [-0.3, -0.25) is 9.59 Å². The molecule has 0 N–H and O–H groups in total. The number of methoxy groups -OCH3 is 1. The van der Waals surface area contributed by atoms with Gasteiger partial charge in [-0.1, -0.05) is 43.4 Å². The maximum atomic E-state index is 13.0. The molecule has 3 aliphatic carbocycles. The van der Waals surface area contributed by atoms with E-state index in [4.69, 9.17) is 13.9 Å². The quantitative estimate of drug-likeness (QED) is 0.498. The van der Waals surface area contributed by atoms with E-state index in [-0.39, 0.29) is 41.0 Å². The zero-order valence-electron chi connectivity index (χ0n) is 17.9. The van der Waals surface area contributed by atoms with Crippen molar-refractivity contribution in [1.29, 1.82) is 0 Å². The zero-order chi connectivity index (χ0) is 21.3. The van der Waals surface area contributed by atoms with Crippen molar-refractivity contribution in [2.75, 3.05) is 13.7 Å². The lowest BCUT2D eigenvalue weighted by Crippen LogP contribution is -2.61. The molecule has 6 heteroatoms. The van der Waals surface area contributed by atoms with Gasteiger partial charge in [0.1, 0.15) is 13.9 Å². The number of hydrogen-bond acceptors (Lipinski definition) is 5. The van der Waals surface area contributed by atoms with E-state index in [2.05, 4.69) is 13.1 Å². The largest absolute Gasteiger partial charge is 0.474 e. The maximum Gasteiger partial charge on any atom is 0.308 e. The first-order valence-corrected chi connectivity index (χ1v) is 13.8. The summed E-state index contributed by atoms with van der Waals surface area (Å²) in [6.45, 7) is 5.52. The van der Waals surface area contributed by atoms with Crippen LogP contribution in [0.3, 0.4) is 0 Å². The highest BCUT2D eigenvalue weighted by molar-refractivity contribution is 6.90. The Morgan fingerprint density at radius 2 is 1.93 bits per heavy atom. The van der Waals surface area contributed by atoms with Crippen LogP contribution in [0.5, 0.6) is 0 Å². The summed E-state index contributed by atoms with van der Waals surface area (Å²) in [6.07, 6.45) is 2.91. The second kappa shape index (κ2) is 8.51. The van der Waals surface area contributed by atoms with E-state index < -0.39 is 8.07 Å². The summed E-state index contributed by atoms with van der Waals surface area (Å²) in [6, 6.07) is 14.0. The molecule has 3 aliphatic rings. The van der Waals surface area contributed by atoms with Crippen LogP contribution in [0.25, 0.3) is 0 Å². The van der Waals surface area contributed by atoms with Crippen molar-refractivity contribution in [1.82, 2.24) is 0 Å². The summed E-state index contributed by atoms with van der Waals surface area (Å²) in [5.41, 5.74) is 1.12. The van der Waals surface area contributed by atoms with Crippen molar-refractivity contribution in [3.8, 4) is 0 Å². The van der Waals surface area contributed by atoms with Crippen LogP contribution in [0.1, 0.15) is 18.4 Å². The van der Waals surface area contributed by atoms with E-state index in [1.807, 2.05) is 42.5 Å². The molecule has 0 amide bonds. The number of ether oxygens (including phenoxy) is 2. The Kier molecular flexibility index (Phi) is 5.98. The highest BCUT2D eigenvalue weighted by Gasteiger charge is 2.61. The molecule has 2 bridgehead atoms. The fourth-order valence-corrected chi connectivity index (χ4v) is 9.61. The highest BCUT2D eigenvalue weighted by Crippen LogP contribution is 2.57. The normalized spacial score (nSPS) is 28.5. The first-order chi connectivity index (χ1) is 14.4. The Labute approximate surface area is 178 Å². The predicted octanol–water partition coefficient (Wildman–Crippen LogP) is 3.80. The Morgan fingerprint density at radius 1 is 1.17 bits per heavy atom. The van der Waals surface area contributed by atoms with Crippen LogP contribution in [-0.4, -0.2) is 33.5 Å². The zero-order valence-corrected chi connectivity index (χ0v) is 18.9. The van der Waals surface area contributed by atoms with Crippen LogP contribution in [0, 0.1) is 23.7 Å². The number of carbonyl (C=O) groups is 2. The number of fused-ring (bicyclic) bond motifs is 3. The minimum atomic E-state index is -2.21. The number of hydrogen-bond donors (Lipinski definition) is 0. The first kappa shape index (κ1) is 21.1. The topological polar surface area (TPSA) is 65.7 Å². The molecule has 30 heavy (non-hydrogen) atoms. The molecular formula is C24H30O5Si. The van der Waals surface area contributed by atoms with Crippen LogP contribution in [0.4, 0.5) is 0 Å². The van der Waals surface area contributed by atoms with Crippen LogP contribution in [0.15, 0.2) is 53.1 Å². The van der Waals surface area contributed by atoms with Gasteiger partial charge in [-0.2, -0.15) is 0 Å². The number of furan rings is 1. The molecular weight excluding hydrogens is 396 g/mol. The summed E-state index contributed by atoms with van der Waals surface area (Å²) < 4.78 is 17.0. The van der Waals surface area contributed by atoms with Gasteiger partial charge in [-0.15, -0.1) is 0 Å². The SMILES string of the molecule is COC(=O)[C@H]1[C@H]2CC(=O)[C@H](C[C@@H]2COCc2ccccc2)[C@@H]1[Si](C)(C)c1ccco1. The lowest BCUT2D eigenvalue weighted by Gasteiger charge is -2.54. The van der Waals surface area contributed by atoms with Gasteiger partial charge in [0.15, 0.2) is 0 Å². The Hall–Kier alpha value is -2.18. The Bertz CT molecular complexity index is 876. The molecule has 0 unspecified atom stereocenters. The van der Waals surface area contributed by atoms with Crippen molar-refractivity contribution in [3.05, 3.63) is 54.3 Å². The van der Waals surface area contributed by atoms with Gasteiger partial charge in [0.2, 0.25) is 0 Å². The summed E-state index contributed by atoms with van der Waals surface area (Å²) in [7, 11) is -0.756.